The van der Waals surface area contributed by atoms with Gasteiger partial charge < -0.3 is 10.6 Å². The first kappa shape index (κ1) is 19.7. The molecule has 2 rings (SSSR count). The van der Waals surface area contributed by atoms with Crippen molar-refractivity contribution in [3.05, 3.63) is 18.2 Å². The average Bonchev–Trinajstić information content (AvgIpc) is 2.89. The molecule has 10 heteroatoms. The molecule has 1 fully saturated rings. The van der Waals surface area contributed by atoms with Crippen LogP contribution in [0.25, 0.3) is 0 Å². The molecule has 0 saturated carbocycles. The second-order valence-corrected chi connectivity index (χ2v) is 10.5. The SMILES string of the molecule is CCNc1ccc(S(=O)(=O)N(C)C)cc1NC(=O)[C@H]1CCS(=O)(=O)C1. The van der Waals surface area contributed by atoms with Gasteiger partial charge >= 0.3 is 0 Å². The van der Waals surface area contributed by atoms with Gasteiger partial charge in [0.1, 0.15) is 0 Å². The van der Waals surface area contributed by atoms with Crippen molar-refractivity contribution in [1.29, 1.82) is 0 Å². The number of anilines is 2. The van der Waals surface area contributed by atoms with Crippen LogP contribution in [0.15, 0.2) is 23.1 Å². The van der Waals surface area contributed by atoms with Crippen molar-refractivity contribution in [2.45, 2.75) is 18.2 Å². The van der Waals surface area contributed by atoms with Crippen LogP contribution in [0.2, 0.25) is 0 Å². The summed E-state index contributed by atoms with van der Waals surface area (Å²) in [7, 11) is -3.97. The highest BCUT2D eigenvalue weighted by Crippen LogP contribution is 2.28. The third kappa shape index (κ3) is 4.50. The number of carbonyl (C=O) groups is 1. The minimum Gasteiger partial charge on any atom is -0.384 e. The number of carbonyl (C=O) groups excluding carboxylic acids is 1. The molecule has 1 saturated heterocycles. The minimum atomic E-state index is -3.65. The fraction of sp³-hybridized carbons (Fsp3) is 0.533. The second-order valence-electron chi connectivity index (χ2n) is 6.11. The van der Waals surface area contributed by atoms with Gasteiger partial charge in [0.25, 0.3) is 0 Å². The summed E-state index contributed by atoms with van der Waals surface area (Å²) in [5.41, 5.74) is 0.897. The topological polar surface area (TPSA) is 113 Å². The molecular formula is C15H23N3O5S2. The van der Waals surface area contributed by atoms with Crippen LogP contribution in [0.1, 0.15) is 13.3 Å². The van der Waals surface area contributed by atoms with Gasteiger partial charge in [0.05, 0.1) is 33.7 Å². The van der Waals surface area contributed by atoms with Gasteiger partial charge in [-0.2, -0.15) is 0 Å². The van der Waals surface area contributed by atoms with E-state index >= 15 is 0 Å². The maximum Gasteiger partial charge on any atom is 0.242 e. The lowest BCUT2D eigenvalue weighted by atomic mass is 10.1. The summed E-state index contributed by atoms with van der Waals surface area (Å²) in [5.74, 6) is -1.21. The zero-order valence-electron chi connectivity index (χ0n) is 14.4. The van der Waals surface area contributed by atoms with Gasteiger partial charge in [-0.25, -0.2) is 21.1 Å². The smallest absolute Gasteiger partial charge is 0.242 e. The number of benzene rings is 1. The number of sulfonamides is 1. The molecule has 1 aliphatic rings. The lowest BCUT2D eigenvalue weighted by Crippen LogP contribution is -2.25. The molecule has 1 heterocycles. The van der Waals surface area contributed by atoms with E-state index in [0.29, 0.717) is 17.9 Å². The lowest BCUT2D eigenvalue weighted by Gasteiger charge is -2.17. The molecule has 1 atom stereocenters. The summed E-state index contributed by atoms with van der Waals surface area (Å²) >= 11 is 0. The largest absolute Gasteiger partial charge is 0.384 e. The van der Waals surface area contributed by atoms with Crippen LogP contribution in [0, 0.1) is 5.92 Å². The normalized spacial score (nSPS) is 19.8. The summed E-state index contributed by atoms with van der Waals surface area (Å²) in [6.07, 6.45) is 0.278. The molecule has 2 N–H and O–H groups in total. The van der Waals surface area contributed by atoms with Crippen LogP contribution in [0.3, 0.4) is 0 Å². The number of sulfone groups is 1. The first-order chi connectivity index (χ1) is 11.6. The van der Waals surface area contributed by atoms with E-state index < -0.39 is 31.7 Å². The molecule has 1 aromatic carbocycles. The fourth-order valence-electron chi connectivity index (χ4n) is 2.58. The predicted octanol–water partition coefficient (Wildman–Crippen LogP) is 0.742. The summed E-state index contributed by atoms with van der Waals surface area (Å²) in [6, 6.07) is 4.43. The molecule has 0 unspecified atom stereocenters. The van der Waals surface area contributed by atoms with E-state index in [1.54, 1.807) is 6.07 Å². The Labute approximate surface area is 148 Å². The van der Waals surface area contributed by atoms with Crippen LogP contribution in [0.4, 0.5) is 11.4 Å². The summed E-state index contributed by atoms with van der Waals surface area (Å²) < 4.78 is 48.8. The molecule has 0 spiro atoms. The molecule has 0 aromatic heterocycles. The Morgan fingerprint density at radius 1 is 1.28 bits per heavy atom. The molecule has 1 aromatic rings. The van der Waals surface area contributed by atoms with Crippen LogP contribution < -0.4 is 10.6 Å². The Balaban J connectivity index is 2.32. The van der Waals surface area contributed by atoms with Crippen molar-refractivity contribution in [3.63, 3.8) is 0 Å². The zero-order chi connectivity index (χ0) is 18.8. The van der Waals surface area contributed by atoms with Gasteiger partial charge in [-0.1, -0.05) is 0 Å². The first-order valence-electron chi connectivity index (χ1n) is 7.88. The van der Waals surface area contributed by atoms with E-state index in [4.69, 9.17) is 0 Å². The standard InChI is InChI=1S/C15H23N3O5S2/c1-4-16-13-6-5-12(25(22,23)18(2)3)9-14(13)17-15(19)11-7-8-24(20,21)10-11/h5-6,9,11,16H,4,7-8,10H2,1-3H3,(H,17,19)/t11-/m0/s1. The maximum absolute atomic E-state index is 12.4. The second kappa shape index (κ2) is 7.30. The summed E-state index contributed by atoms with van der Waals surface area (Å²) in [4.78, 5) is 12.4. The first-order valence-corrected chi connectivity index (χ1v) is 11.1. The Kier molecular flexibility index (Phi) is 5.75. The average molecular weight is 389 g/mol. The third-order valence-corrected chi connectivity index (χ3v) is 7.58. The highest BCUT2D eigenvalue weighted by molar-refractivity contribution is 7.91. The van der Waals surface area contributed by atoms with Crippen LogP contribution in [-0.2, 0) is 24.7 Å². The van der Waals surface area contributed by atoms with Crippen molar-refractivity contribution in [2.75, 3.05) is 42.8 Å². The molecular weight excluding hydrogens is 366 g/mol. The van der Waals surface area contributed by atoms with Gasteiger partial charge in [0.2, 0.25) is 15.9 Å². The molecule has 0 radical (unpaired) electrons. The van der Waals surface area contributed by atoms with Crippen molar-refractivity contribution in [2.24, 2.45) is 5.92 Å². The molecule has 140 valence electrons. The highest BCUT2D eigenvalue weighted by Gasteiger charge is 2.33. The Morgan fingerprint density at radius 2 is 1.96 bits per heavy atom. The molecule has 8 nitrogen and oxygen atoms in total. The third-order valence-electron chi connectivity index (χ3n) is 4.00. The number of hydrogen-bond acceptors (Lipinski definition) is 6. The van der Waals surface area contributed by atoms with Crippen LogP contribution >= 0.6 is 0 Å². The maximum atomic E-state index is 12.4. The van der Waals surface area contributed by atoms with Crippen LogP contribution in [0.5, 0.6) is 0 Å². The van der Waals surface area contributed by atoms with Gasteiger partial charge in [-0.05, 0) is 31.5 Å². The predicted molar refractivity (Wildman–Crippen MR) is 96.9 cm³/mol. The van der Waals surface area contributed by atoms with E-state index in [9.17, 15) is 21.6 Å². The zero-order valence-corrected chi connectivity index (χ0v) is 16.1. The number of amides is 1. The number of nitrogens with one attached hydrogen (secondary N) is 2. The Morgan fingerprint density at radius 3 is 2.48 bits per heavy atom. The van der Waals surface area contributed by atoms with E-state index in [2.05, 4.69) is 10.6 Å². The van der Waals surface area contributed by atoms with Crippen molar-refractivity contribution in [3.8, 4) is 0 Å². The number of rotatable bonds is 6. The van der Waals surface area contributed by atoms with Gasteiger partial charge in [0.15, 0.2) is 9.84 Å². The number of hydrogen-bond donors (Lipinski definition) is 2. The van der Waals surface area contributed by atoms with Crippen molar-refractivity contribution >= 4 is 37.1 Å². The monoisotopic (exact) mass is 389 g/mol. The molecule has 1 aliphatic heterocycles. The number of nitrogens with zero attached hydrogens (tertiary/aromatic N) is 1. The van der Waals surface area contributed by atoms with Crippen molar-refractivity contribution in [1.82, 2.24) is 4.31 Å². The van der Waals surface area contributed by atoms with Gasteiger partial charge in [-0.15, -0.1) is 0 Å². The van der Waals surface area contributed by atoms with E-state index in [1.165, 1.54) is 26.2 Å². The molecule has 0 bridgehead atoms. The highest BCUT2D eigenvalue weighted by atomic mass is 32.2. The molecule has 1 amide bonds. The minimum absolute atomic E-state index is 0.000201. The van der Waals surface area contributed by atoms with Crippen molar-refractivity contribution < 1.29 is 21.6 Å². The van der Waals surface area contributed by atoms with E-state index in [1.807, 2.05) is 6.92 Å². The van der Waals surface area contributed by atoms with E-state index in [-0.39, 0.29) is 22.8 Å². The summed E-state index contributed by atoms with van der Waals surface area (Å²) in [6.45, 7) is 2.46. The summed E-state index contributed by atoms with van der Waals surface area (Å²) in [5, 5.41) is 5.73. The fourth-order valence-corrected chi connectivity index (χ4v) is 5.25. The van der Waals surface area contributed by atoms with Crippen LogP contribution in [-0.4, -0.2) is 59.2 Å². The quantitative estimate of drug-likeness (QED) is 0.742. The van der Waals surface area contributed by atoms with E-state index in [0.717, 1.165) is 4.31 Å². The Hall–Kier alpha value is -1.65. The molecule has 0 aliphatic carbocycles. The van der Waals surface area contributed by atoms with Gasteiger partial charge in [0, 0.05) is 20.6 Å². The molecule has 25 heavy (non-hydrogen) atoms. The van der Waals surface area contributed by atoms with Gasteiger partial charge in [-0.3, -0.25) is 4.79 Å². The Bertz CT molecular complexity index is 863. The lowest BCUT2D eigenvalue weighted by molar-refractivity contribution is -0.119.